The molecular weight excluding hydrogens is 275 g/mol. The number of aryl methyl sites for hydroxylation is 1. The first-order chi connectivity index (χ1) is 8.79. The molecular formula is C13H16F3NOS. The van der Waals surface area contributed by atoms with Gasteiger partial charge in [0, 0.05) is 11.4 Å². The van der Waals surface area contributed by atoms with E-state index < -0.39 is 23.1 Å². The lowest BCUT2D eigenvalue weighted by Gasteiger charge is -2.20. The number of alkyl halides is 3. The molecule has 0 spiro atoms. The van der Waals surface area contributed by atoms with E-state index in [0.29, 0.717) is 12.0 Å². The van der Waals surface area contributed by atoms with Gasteiger partial charge in [0.1, 0.15) is 5.25 Å². The van der Waals surface area contributed by atoms with Crippen LogP contribution in [0.4, 0.5) is 13.2 Å². The summed E-state index contributed by atoms with van der Waals surface area (Å²) < 4.78 is 52.8. The molecule has 0 saturated carbocycles. The molecule has 6 heteroatoms. The van der Waals surface area contributed by atoms with E-state index in [-0.39, 0.29) is 11.3 Å². The molecule has 0 radical (unpaired) electrons. The van der Waals surface area contributed by atoms with Gasteiger partial charge in [0.2, 0.25) is 0 Å². The zero-order valence-corrected chi connectivity index (χ0v) is 11.6. The van der Waals surface area contributed by atoms with E-state index in [9.17, 15) is 17.7 Å². The van der Waals surface area contributed by atoms with E-state index in [1.54, 1.807) is 0 Å². The number of halogens is 3. The van der Waals surface area contributed by atoms with Crippen LogP contribution in [0.1, 0.15) is 43.0 Å². The van der Waals surface area contributed by atoms with Crippen molar-refractivity contribution in [1.29, 1.82) is 0 Å². The Bertz CT molecular complexity index is 462. The Morgan fingerprint density at radius 3 is 2.63 bits per heavy atom. The Balaban J connectivity index is 2.23. The summed E-state index contributed by atoms with van der Waals surface area (Å²) in [5, 5.41) is -0.0603. The molecule has 1 aliphatic rings. The van der Waals surface area contributed by atoms with Crippen molar-refractivity contribution in [3.05, 3.63) is 34.9 Å². The second-order valence-electron chi connectivity index (χ2n) is 4.97. The minimum absolute atomic E-state index is 0.0603. The van der Waals surface area contributed by atoms with E-state index in [2.05, 4.69) is 4.72 Å². The lowest BCUT2D eigenvalue weighted by molar-refractivity contribution is -0.137. The fourth-order valence-electron chi connectivity index (χ4n) is 2.18. The van der Waals surface area contributed by atoms with Gasteiger partial charge >= 0.3 is 6.18 Å². The topological polar surface area (TPSA) is 35.1 Å². The van der Waals surface area contributed by atoms with E-state index in [0.717, 1.165) is 18.1 Å². The highest BCUT2D eigenvalue weighted by atomic mass is 32.2. The number of rotatable bonds is 3. The Kier molecular flexibility index (Phi) is 4.13. The summed E-state index contributed by atoms with van der Waals surface area (Å²) in [6.45, 7) is 3.62. The monoisotopic (exact) mass is 291 g/mol. The van der Waals surface area contributed by atoms with Gasteiger partial charge in [0.15, 0.2) is 0 Å². The summed E-state index contributed by atoms with van der Waals surface area (Å²) in [4.78, 5) is 0. The van der Waals surface area contributed by atoms with Gasteiger partial charge in [-0.2, -0.15) is 13.2 Å². The molecule has 2 nitrogen and oxygen atoms in total. The average Bonchev–Trinajstić information content (AvgIpc) is 2.70. The zero-order valence-electron chi connectivity index (χ0n) is 10.8. The van der Waals surface area contributed by atoms with Crippen molar-refractivity contribution >= 4 is 11.4 Å². The van der Waals surface area contributed by atoms with Crippen molar-refractivity contribution in [3.8, 4) is 0 Å². The molecule has 0 saturated heterocycles. The molecule has 2 rings (SSSR count). The second kappa shape index (κ2) is 5.34. The molecule has 106 valence electrons. The van der Waals surface area contributed by atoms with Gasteiger partial charge in [-0.25, -0.2) is 0 Å². The smallest absolute Gasteiger partial charge is 0.416 e. The minimum atomic E-state index is -4.33. The second-order valence-corrected chi connectivity index (χ2v) is 6.74. The highest BCUT2D eigenvalue weighted by Crippen LogP contribution is 2.37. The van der Waals surface area contributed by atoms with Crippen LogP contribution in [0.15, 0.2) is 18.2 Å². The highest BCUT2D eigenvalue weighted by Gasteiger charge is 2.34. The van der Waals surface area contributed by atoms with Crippen molar-refractivity contribution in [2.24, 2.45) is 0 Å². The molecule has 1 unspecified atom stereocenters. The van der Waals surface area contributed by atoms with Crippen LogP contribution >= 0.6 is 0 Å². The summed E-state index contributed by atoms with van der Waals surface area (Å²) in [5.74, 6) is 0. The fourth-order valence-corrected chi connectivity index (χ4v) is 2.97. The molecule has 0 amide bonds. The van der Waals surface area contributed by atoms with E-state index >= 15 is 0 Å². The summed E-state index contributed by atoms with van der Waals surface area (Å²) in [6, 6.07) is 3.57. The lowest BCUT2D eigenvalue weighted by atomic mass is 10.0. The van der Waals surface area contributed by atoms with Crippen molar-refractivity contribution < 1.29 is 17.7 Å². The molecule has 1 aromatic carbocycles. The number of hydrogen-bond donors (Lipinski definition) is 1. The Morgan fingerprint density at radius 2 is 2.05 bits per heavy atom. The minimum Gasteiger partial charge on any atom is -0.598 e. The van der Waals surface area contributed by atoms with Crippen molar-refractivity contribution in [2.75, 3.05) is 0 Å². The predicted molar refractivity (Wildman–Crippen MR) is 68.9 cm³/mol. The van der Waals surface area contributed by atoms with Crippen molar-refractivity contribution in [2.45, 2.75) is 44.2 Å². The predicted octanol–water partition coefficient (Wildman–Crippen LogP) is 3.35. The first-order valence-electron chi connectivity index (χ1n) is 6.16. The van der Waals surface area contributed by atoms with Crippen LogP contribution in [-0.2, 0) is 24.0 Å². The summed E-state index contributed by atoms with van der Waals surface area (Å²) >= 11 is -1.23. The maximum atomic E-state index is 12.7. The SMILES string of the molecule is CC(C)[S+]([O-])N[C@@H]1CCc2ccc(C(F)(F)F)cc21. The Morgan fingerprint density at radius 1 is 1.37 bits per heavy atom. The van der Waals surface area contributed by atoms with Crippen LogP contribution in [0.25, 0.3) is 0 Å². The Hall–Kier alpha value is -0.720. The molecule has 1 aliphatic carbocycles. The number of nitrogens with one attached hydrogen (secondary N) is 1. The van der Waals surface area contributed by atoms with Gasteiger partial charge in [-0.3, -0.25) is 0 Å². The van der Waals surface area contributed by atoms with Gasteiger partial charge in [0.05, 0.1) is 11.6 Å². The molecule has 19 heavy (non-hydrogen) atoms. The first-order valence-corrected chi connectivity index (χ1v) is 7.37. The first kappa shape index (κ1) is 14.7. The van der Waals surface area contributed by atoms with Crippen molar-refractivity contribution in [3.63, 3.8) is 0 Å². The van der Waals surface area contributed by atoms with Gasteiger partial charge < -0.3 is 4.55 Å². The van der Waals surface area contributed by atoms with Gasteiger partial charge in [0.25, 0.3) is 0 Å². The van der Waals surface area contributed by atoms with Crippen LogP contribution in [0.2, 0.25) is 0 Å². The quantitative estimate of drug-likeness (QED) is 0.867. The van der Waals surface area contributed by atoms with Crippen molar-refractivity contribution in [1.82, 2.24) is 4.72 Å². The maximum Gasteiger partial charge on any atom is 0.416 e. The number of hydrogen-bond acceptors (Lipinski definition) is 2. The summed E-state index contributed by atoms with van der Waals surface area (Å²) in [5.41, 5.74) is 0.894. The van der Waals surface area contributed by atoms with Gasteiger partial charge in [-0.15, -0.1) is 4.72 Å². The molecule has 0 bridgehead atoms. The van der Waals surface area contributed by atoms with Crippen LogP contribution in [0, 0.1) is 0 Å². The fraction of sp³-hybridized carbons (Fsp3) is 0.538. The zero-order chi connectivity index (χ0) is 14.2. The van der Waals surface area contributed by atoms with Crippen LogP contribution in [-0.4, -0.2) is 9.80 Å². The van der Waals surface area contributed by atoms with Crippen LogP contribution in [0.3, 0.4) is 0 Å². The third-order valence-electron chi connectivity index (χ3n) is 3.24. The van der Waals surface area contributed by atoms with Gasteiger partial charge in [-0.05, 0) is 49.9 Å². The summed E-state index contributed by atoms with van der Waals surface area (Å²) in [6.07, 6.45) is -2.92. The number of fused-ring (bicyclic) bond motifs is 1. The highest BCUT2D eigenvalue weighted by molar-refractivity contribution is 7.90. The molecule has 0 aromatic heterocycles. The summed E-state index contributed by atoms with van der Waals surface area (Å²) in [7, 11) is 0. The van der Waals surface area contributed by atoms with Gasteiger partial charge in [-0.1, -0.05) is 6.07 Å². The molecule has 2 atom stereocenters. The molecule has 1 N–H and O–H groups in total. The normalized spacial score (nSPS) is 20.7. The molecule has 0 fully saturated rings. The van der Waals surface area contributed by atoms with E-state index in [1.165, 1.54) is 12.1 Å². The third-order valence-corrected chi connectivity index (χ3v) is 4.61. The molecule has 0 heterocycles. The number of benzene rings is 1. The molecule has 0 aliphatic heterocycles. The van der Waals surface area contributed by atoms with E-state index in [4.69, 9.17) is 0 Å². The van der Waals surface area contributed by atoms with Crippen LogP contribution in [0.5, 0.6) is 0 Å². The standard InChI is InChI=1S/C13H16F3NOS/c1-8(2)19(18)17-12-6-4-9-3-5-10(7-11(9)12)13(14,15)16/h3,5,7-8,12,17H,4,6H2,1-2H3/t12-,19?/m1/s1. The Labute approximate surface area is 113 Å². The largest absolute Gasteiger partial charge is 0.598 e. The van der Waals surface area contributed by atoms with E-state index in [1.807, 2.05) is 13.8 Å². The average molecular weight is 291 g/mol. The maximum absolute atomic E-state index is 12.7. The third kappa shape index (κ3) is 3.24. The lowest BCUT2D eigenvalue weighted by Crippen LogP contribution is -2.33. The molecule has 1 aromatic rings. The van der Waals surface area contributed by atoms with Crippen LogP contribution < -0.4 is 4.72 Å².